The molecule has 128 valence electrons. The van der Waals surface area contributed by atoms with Crippen LogP contribution in [0, 0.1) is 11.6 Å². The summed E-state index contributed by atoms with van der Waals surface area (Å²) in [5, 5.41) is 9.80. The maximum absolute atomic E-state index is 13.2. The van der Waals surface area contributed by atoms with Crippen LogP contribution in [0.4, 0.5) is 13.9 Å². The molecular formula is C13H10ClF2N3O3S2. The van der Waals surface area contributed by atoms with Gasteiger partial charge in [-0.05, 0) is 19.1 Å². The van der Waals surface area contributed by atoms with Crippen LogP contribution in [-0.4, -0.2) is 34.4 Å². The molecule has 0 aliphatic carbocycles. The highest BCUT2D eigenvalue weighted by atomic mass is 35.5. The summed E-state index contributed by atoms with van der Waals surface area (Å²) in [6.07, 6.45) is 0. The van der Waals surface area contributed by atoms with Crippen LogP contribution in [0.5, 0.6) is 0 Å². The molecule has 0 aliphatic rings. The average Bonchev–Trinajstić information content (AvgIpc) is 2.96. The number of amides is 1. The van der Waals surface area contributed by atoms with Crippen molar-refractivity contribution in [2.45, 2.75) is 11.3 Å². The Morgan fingerprint density at radius 2 is 2.04 bits per heavy atom. The predicted octanol–water partition coefficient (Wildman–Crippen LogP) is 3.38. The Morgan fingerprint density at radius 1 is 1.33 bits per heavy atom. The van der Waals surface area contributed by atoms with E-state index in [4.69, 9.17) is 16.3 Å². The molecule has 1 aromatic heterocycles. The van der Waals surface area contributed by atoms with Gasteiger partial charge in [0.25, 0.3) is 5.91 Å². The lowest BCUT2D eigenvalue weighted by Gasteiger charge is -2.04. The van der Waals surface area contributed by atoms with E-state index in [-0.39, 0.29) is 28.1 Å². The Balaban J connectivity index is 2.00. The van der Waals surface area contributed by atoms with Crippen LogP contribution in [0.25, 0.3) is 0 Å². The zero-order chi connectivity index (χ0) is 17.7. The van der Waals surface area contributed by atoms with Crippen molar-refractivity contribution in [2.24, 2.45) is 0 Å². The SMILES string of the molecule is CCOC(=O)CSc1nnc(NC(=O)c2cc(F)c(F)cc2Cl)s1. The van der Waals surface area contributed by atoms with Crippen molar-refractivity contribution in [3.63, 3.8) is 0 Å². The molecule has 0 spiro atoms. The zero-order valence-electron chi connectivity index (χ0n) is 12.1. The summed E-state index contributed by atoms with van der Waals surface area (Å²) in [6.45, 7) is 1.98. The van der Waals surface area contributed by atoms with Gasteiger partial charge in [-0.3, -0.25) is 14.9 Å². The minimum Gasteiger partial charge on any atom is -0.465 e. The molecule has 0 unspecified atom stereocenters. The van der Waals surface area contributed by atoms with Crippen LogP contribution in [0.3, 0.4) is 0 Å². The van der Waals surface area contributed by atoms with E-state index in [1.807, 2.05) is 0 Å². The first-order valence-electron chi connectivity index (χ1n) is 6.48. The number of esters is 1. The van der Waals surface area contributed by atoms with Crippen LogP contribution in [0.2, 0.25) is 5.02 Å². The molecule has 0 atom stereocenters. The van der Waals surface area contributed by atoms with E-state index >= 15 is 0 Å². The molecule has 1 heterocycles. The molecular weight excluding hydrogens is 384 g/mol. The molecule has 1 aromatic carbocycles. The van der Waals surface area contributed by atoms with Gasteiger partial charge in [0.05, 0.1) is 22.9 Å². The average molecular weight is 394 g/mol. The monoisotopic (exact) mass is 393 g/mol. The topological polar surface area (TPSA) is 81.2 Å². The van der Waals surface area contributed by atoms with Gasteiger partial charge in [0.2, 0.25) is 5.13 Å². The predicted molar refractivity (Wildman–Crippen MR) is 86.6 cm³/mol. The summed E-state index contributed by atoms with van der Waals surface area (Å²) in [5.74, 6) is -3.42. The van der Waals surface area contributed by atoms with Gasteiger partial charge in [0.1, 0.15) is 0 Å². The van der Waals surface area contributed by atoms with Crippen LogP contribution < -0.4 is 5.32 Å². The third kappa shape index (κ3) is 4.86. The molecule has 0 bridgehead atoms. The number of hydrogen-bond donors (Lipinski definition) is 1. The van der Waals surface area contributed by atoms with Crippen LogP contribution in [0.15, 0.2) is 16.5 Å². The maximum atomic E-state index is 13.2. The molecule has 11 heteroatoms. The lowest BCUT2D eigenvalue weighted by molar-refractivity contribution is -0.139. The van der Waals surface area contributed by atoms with E-state index in [0.29, 0.717) is 16.5 Å². The van der Waals surface area contributed by atoms with Gasteiger partial charge in [-0.15, -0.1) is 10.2 Å². The number of thioether (sulfide) groups is 1. The molecule has 0 fully saturated rings. The molecule has 0 radical (unpaired) electrons. The molecule has 0 saturated heterocycles. The van der Waals surface area contributed by atoms with Gasteiger partial charge in [-0.25, -0.2) is 8.78 Å². The molecule has 0 saturated carbocycles. The number of nitrogens with one attached hydrogen (secondary N) is 1. The molecule has 1 N–H and O–H groups in total. The fourth-order valence-corrected chi connectivity index (χ4v) is 3.28. The number of rotatable bonds is 6. The number of carbonyl (C=O) groups is 2. The Kier molecular flexibility index (Phi) is 6.46. The first-order chi connectivity index (χ1) is 11.4. The summed E-state index contributed by atoms with van der Waals surface area (Å²) >= 11 is 7.85. The van der Waals surface area contributed by atoms with Crippen LogP contribution >= 0.6 is 34.7 Å². The summed E-state index contributed by atoms with van der Waals surface area (Å²) < 4.78 is 31.4. The van der Waals surface area contributed by atoms with E-state index in [2.05, 4.69) is 15.5 Å². The zero-order valence-corrected chi connectivity index (χ0v) is 14.5. The van der Waals surface area contributed by atoms with Crippen LogP contribution in [0.1, 0.15) is 17.3 Å². The van der Waals surface area contributed by atoms with Crippen molar-refractivity contribution < 1.29 is 23.1 Å². The van der Waals surface area contributed by atoms with E-state index in [1.165, 1.54) is 0 Å². The Morgan fingerprint density at radius 3 is 2.75 bits per heavy atom. The molecule has 2 rings (SSSR count). The minimum atomic E-state index is -1.19. The first-order valence-corrected chi connectivity index (χ1v) is 8.66. The van der Waals surface area contributed by atoms with Crippen molar-refractivity contribution in [1.82, 2.24) is 10.2 Å². The number of anilines is 1. The van der Waals surface area contributed by atoms with E-state index in [9.17, 15) is 18.4 Å². The largest absolute Gasteiger partial charge is 0.465 e. The Bertz CT molecular complexity index is 773. The molecule has 1 amide bonds. The summed E-state index contributed by atoms with van der Waals surface area (Å²) in [5.41, 5.74) is -0.230. The lowest BCUT2D eigenvalue weighted by Crippen LogP contribution is -2.13. The second-order valence-electron chi connectivity index (χ2n) is 4.17. The lowest BCUT2D eigenvalue weighted by atomic mass is 10.2. The summed E-state index contributed by atoms with van der Waals surface area (Å²) in [7, 11) is 0. The van der Waals surface area contributed by atoms with Gasteiger partial charge in [-0.2, -0.15) is 0 Å². The normalized spacial score (nSPS) is 10.5. The molecule has 24 heavy (non-hydrogen) atoms. The van der Waals surface area contributed by atoms with Gasteiger partial charge < -0.3 is 4.74 Å². The van der Waals surface area contributed by atoms with Crippen molar-refractivity contribution >= 4 is 51.7 Å². The second kappa shape index (κ2) is 8.36. The standard InChI is InChI=1S/C13H10ClF2N3O3S2/c1-2-22-10(20)5-23-13-19-18-12(24-13)17-11(21)6-3-8(15)9(16)4-7(6)14/h3-4H,2,5H2,1H3,(H,17,18,21). The Hall–Kier alpha value is -1.78. The van der Waals surface area contributed by atoms with Crippen molar-refractivity contribution in [3.8, 4) is 0 Å². The maximum Gasteiger partial charge on any atom is 0.316 e. The van der Waals surface area contributed by atoms with Crippen molar-refractivity contribution in [2.75, 3.05) is 17.7 Å². The molecule has 0 aliphatic heterocycles. The number of nitrogens with zero attached hydrogens (tertiary/aromatic N) is 2. The highest BCUT2D eigenvalue weighted by Crippen LogP contribution is 2.27. The highest BCUT2D eigenvalue weighted by molar-refractivity contribution is 8.01. The van der Waals surface area contributed by atoms with Crippen molar-refractivity contribution in [3.05, 3.63) is 34.4 Å². The number of ether oxygens (including phenoxy) is 1. The fourth-order valence-electron chi connectivity index (χ4n) is 1.50. The van der Waals surface area contributed by atoms with E-state index < -0.39 is 23.5 Å². The highest BCUT2D eigenvalue weighted by Gasteiger charge is 2.17. The number of aromatic nitrogens is 2. The van der Waals surface area contributed by atoms with E-state index in [0.717, 1.165) is 23.1 Å². The van der Waals surface area contributed by atoms with Crippen molar-refractivity contribution in [1.29, 1.82) is 0 Å². The quantitative estimate of drug-likeness (QED) is 0.351. The number of carbonyl (C=O) groups excluding carboxylic acids is 2. The summed E-state index contributed by atoms with van der Waals surface area (Å²) in [6, 6.07) is 1.41. The molecule has 2 aromatic rings. The number of halogens is 3. The third-order valence-corrected chi connectivity index (χ3v) is 4.76. The smallest absolute Gasteiger partial charge is 0.316 e. The molecule has 6 nitrogen and oxygen atoms in total. The first kappa shape index (κ1) is 18.6. The minimum absolute atomic E-state index is 0.0609. The number of hydrogen-bond acceptors (Lipinski definition) is 7. The fraction of sp³-hybridized carbons (Fsp3) is 0.231. The second-order valence-corrected chi connectivity index (χ2v) is 6.77. The van der Waals surface area contributed by atoms with Gasteiger partial charge in [-0.1, -0.05) is 34.7 Å². The van der Waals surface area contributed by atoms with Gasteiger partial charge in [0, 0.05) is 0 Å². The van der Waals surface area contributed by atoms with Gasteiger partial charge >= 0.3 is 5.97 Å². The van der Waals surface area contributed by atoms with Crippen LogP contribution in [-0.2, 0) is 9.53 Å². The number of benzene rings is 1. The van der Waals surface area contributed by atoms with E-state index in [1.54, 1.807) is 6.92 Å². The Labute approximate surface area is 148 Å². The summed E-state index contributed by atoms with van der Waals surface area (Å²) in [4.78, 5) is 23.3. The van der Waals surface area contributed by atoms with Gasteiger partial charge in [0.15, 0.2) is 16.0 Å². The third-order valence-electron chi connectivity index (χ3n) is 2.50.